The monoisotopic (exact) mass is 276 g/mol. The van der Waals surface area contributed by atoms with Crippen LogP contribution >= 0.6 is 0 Å². The maximum atomic E-state index is 5.58. The van der Waals surface area contributed by atoms with Crippen molar-refractivity contribution < 1.29 is 4.42 Å². The number of furan rings is 1. The average Bonchev–Trinajstić information content (AvgIpc) is 2.83. The summed E-state index contributed by atoms with van der Waals surface area (Å²) < 4.78 is 5.58. The van der Waals surface area contributed by atoms with Gasteiger partial charge in [-0.1, -0.05) is 39.3 Å². The summed E-state index contributed by atoms with van der Waals surface area (Å²) in [6, 6.07) is 2.11. The minimum atomic E-state index is 0.317. The zero-order valence-corrected chi connectivity index (χ0v) is 13.3. The molecule has 3 heteroatoms. The normalized spacial score (nSPS) is 17.3. The van der Waals surface area contributed by atoms with Crippen molar-refractivity contribution in [3.05, 3.63) is 35.3 Å². The maximum absolute atomic E-state index is 5.58. The Morgan fingerprint density at radius 1 is 1.35 bits per heavy atom. The van der Waals surface area contributed by atoms with Gasteiger partial charge in [0.1, 0.15) is 5.76 Å². The maximum Gasteiger partial charge on any atom is 0.122 e. The molecule has 2 heterocycles. The Kier molecular flexibility index (Phi) is 5.06. The summed E-state index contributed by atoms with van der Waals surface area (Å²) in [5.41, 5.74) is 3.23. The molecule has 112 valence electrons. The lowest BCUT2D eigenvalue weighted by Crippen LogP contribution is -2.31. The lowest BCUT2D eigenvalue weighted by atomic mass is 9.83. The molecule has 0 radical (unpaired) electrons. The molecule has 0 saturated heterocycles. The van der Waals surface area contributed by atoms with E-state index in [1.54, 1.807) is 5.57 Å². The van der Waals surface area contributed by atoms with Gasteiger partial charge in [-0.25, -0.2) is 0 Å². The molecule has 0 atom stereocenters. The van der Waals surface area contributed by atoms with Crippen molar-refractivity contribution in [2.45, 2.75) is 47.2 Å². The summed E-state index contributed by atoms with van der Waals surface area (Å²) in [5.74, 6) is 1.08. The van der Waals surface area contributed by atoms with Crippen LogP contribution in [0.3, 0.4) is 0 Å². The Hall–Kier alpha value is -1.06. The topological polar surface area (TPSA) is 28.4 Å². The van der Waals surface area contributed by atoms with E-state index in [2.05, 4.69) is 50.1 Å². The Morgan fingerprint density at radius 2 is 2.15 bits per heavy atom. The lowest BCUT2D eigenvalue weighted by molar-refractivity contribution is 0.269. The smallest absolute Gasteiger partial charge is 0.122 e. The van der Waals surface area contributed by atoms with Crippen LogP contribution in [0.15, 0.2) is 28.4 Å². The summed E-state index contributed by atoms with van der Waals surface area (Å²) in [6.45, 7) is 14.0. The first-order valence-electron chi connectivity index (χ1n) is 7.68. The molecule has 0 fully saturated rings. The molecule has 0 spiro atoms. The first-order valence-corrected chi connectivity index (χ1v) is 7.68. The lowest BCUT2D eigenvalue weighted by Gasteiger charge is -2.32. The minimum Gasteiger partial charge on any atom is -0.468 e. The fourth-order valence-corrected chi connectivity index (χ4v) is 2.68. The van der Waals surface area contributed by atoms with Crippen LogP contribution in [-0.2, 0) is 13.1 Å². The van der Waals surface area contributed by atoms with E-state index in [9.17, 15) is 0 Å². The van der Waals surface area contributed by atoms with Crippen molar-refractivity contribution >= 4 is 0 Å². The van der Waals surface area contributed by atoms with Crippen LogP contribution in [0.5, 0.6) is 0 Å². The van der Waals surface area contributed by atoms with Gasteiger partial charge in [-0.3, -0.25) is 4.90 Å². The molecule has 0 bridgehead atoms. The highest BCUT2D eigenvalue weighted by Crippen LogP contribution is 2.30. The third-order valence-corrected chi connectivity index (χ3v) is 4.02. The molecular weight excluding hydrogens is 248 g/mol. The van der Waals surface area contributed by atoms with Gasteiger partial charge in [-0.15, -0.1) is 0 Å². The fraction of sp³-hybridized carbons (Fsp3) is 0.647. The van der Waals surface area contributed by atoms with Crippen molar-refractivity contribution in [1.29, 1.82) is 0 Å². The molecule has 1 aromatic rings. The predicted molar refractivity (Wildman–Crippen MR) is 83.5 cm³/mol. The highest BCUT2D eigenvalue weighted by molar-refractivity contribution is 5.19. The van der Waals surface area contributed by atoms with Gasteiger partial charge in [0.2, 0.25) is 0 Å². The molecular formula is C17H28N2O. The van der Waals surface area contributed by atoms with Gasteiger partial charge >= 0.3 is 0 Å². The summed E-state index contributed by atoms with van der Waals surface area (Å²) in [7, 11) is 0. The van der Waals surface area contributed by atoms with Gasteiger partial charge in [0.05, 0.1) is 12.8 Å². The van der Waals surface area contributed by atoms with E-state index in [-0.39, 0.29) is 0 Å². The van der Waals surface area contributed by atoms with Gasteiger partial charge in [0.15, 0.2) is 0 Å². The van der Waals surface area contributed by atoms with E-state index in [4.69, 9.17) is 4.42 Å². The number of nitrogens with one attached hydrogen (secondary N) is 1. The Balaban J connectivity index is 1.93. The second-order valence-corrected chi connectivity index (χ2v) is 6.61. The number of nitrogens with zero attached hydrogens (tertiary/aromatic N) is 1. The average molecular weight is 276 g/mol. The van der Waals surface area contributed by atoms with Crippen molar-refractivity contribution in [3.63, 3.8) is 0 Å². The van der Waals surface area contributed by atoms with Crippen LogP contribution in [0, 0.1) is 5.41 Å². The van der Waals surface area contributed by atoms with E-state index >= 15 is 0 Å². The SMILES string of the molecule is CCNCc1occc1CN1CC=C(C(C)(C)C)CC1. The van der Waals surface area contributed by atoms with Gasteiger partial charge in [-0.05, 0) is 24.4 Å². The third-order valence-electron chi connectivity index (χ3n) is 4.02. The van der Waals surface area contributed by atoms with Crippen molar-refractivity contribution in [3.8, 4) is 0 Å². The van der Waals surface area contributed by atoms with Crippen molar-refractivity contribution in [2.24, 2.45) is 5.41 Å². The molecule has 0 aliphatic carbocycles. The van der Waals surface area contributed by atoms with E-state index in [0.717, 1.165) is 38.5 Å². The van der Waals surface area contributed by atoms with E-state index in [0.29, 0.717) is 5.41 Å². The summed E-state index contributed by atoms with van der Waals surface area (Å²) in [6.07, 6.45) is 5.40. The second kappa shape index (κ2) is 6.59. The third kappa shape index (κ3) is 3.97. The number of hydrogen-bond acceptors (Lipinski definition) is 3. The van der Waals surface area contributed by atoms with Gasteiger partial charge in [0, 0.05) is 25.2 Å². The standard InChI is InChI=1S/C17H28N2O/c1-5-18-12-16-14(8-11-20-16)13-19-9-6-15(7-10-19)17(2,3)4/h6,8,11,18H,5,7,9-10,12-13H2,1-4H3. The molecule has 0 aromatic carbocycles. The number of hydrogen-bond donors (Lipinski definition) is 1. The summed E-state index contributed by atoms with van der Waals surface area (Å²) in [4.78, 5) is 2.50. The first-order chi connectivity index (χ1) is 9.50. The molecule has 1 aliphatic heterocycles. The molecule has 3 nitrogen and oxygen atoms in total. The van der Waals surface area contributed by atoms with Gasteiger partial charge < -0.3 is 9.73 Å². The Labute approximate surface area is 123 Å². The van der Waals surface area contributed by atoms with Gasteiger partial charge in [-0.2, -0.15) is 0 Å². The van der Waals surface area contributed by atoms with Gasteiger partial charge in [0.25, 0.3) is 0 Å². The van der Waals surface area contributed by atoms with Crippen LogP contribution in [0.25, 0.3) is 0 Å². The molecule has 0 amide bonds. The Morgan fingerprint density at radius 3 is 2.75 bits per heavy atom. The highest BCUT2D eigenvalue weighted by atomic mass is 16.3. The van der Waals surface area contributed by atoms with E-state index < -0.39 is 0 Å². The first kappa shape index (κ1) is 15.3. The summed E-state index contributed by atoms with van der Waals surface area (Å²) >= 11 is 0. The van der Waals surface area contributed by atoms with Crippen LogP contribution in [0.4, 0.5) is 0 Å². The van der Waals surface area contributed by atoms with E-state index in [1.165, 1.54) is 12.0 Å². The van der Waals surface area contributed by atoms with E-state index in [1.807, 2.05) is 6.26 Å². The molecule has 1 aliphatic rings. The van der Waals surface area contributed by atoms with Crippen LogP contribution in [-0.4, -0.2) is 24.5 Å². The molecule has 20 heavy (non-hydrogen) atoms. The largest absolute Gasteiger partial charge is 0.468 e. The van der Waals surface area contributed by atoms with Crippen molar-refractivity contribution in [2.75, 3.05) is 19.6 Å². The molecule has 1 aromatic heterocycles. The molecule has 0 unspecified atom stereocenters. The Bertz CT molecular complexity index is 454. The zero-order valence-electron chi connectivity index (χ0n) is 13.3. The van der Waals surface area contributed by atoms with Crippen LogP contribution in [0.1, 0.15) is 45.4 Å². The zero-order chi connectivity index (χ0) is 14.6. The van der Waals surface area contributed by atoms with Crippen LogP contribution < -0.4 is 5.32 Å². The quantitative estimate of drug-likeness (QED) is 0.833. The fourth-order valence-electron chi connectivity index (χ4n) is 2.68. The van der Waals surface area contributed by atoms with Crippen molar-refractivity contribution in [1.82, 2.24) is 10.2 Å². The molecule has 0 saturated carbocycles. The van der Waals surface area contributed by atoms with Crippen LogP contribution in [0.2, 0.25) is 0 Å². The number of rotatable bonds is 5. The molecule has 1 N–H and O–H groups in total. The second-order valence-electron chi connectivity index (χ2n) is 6.61. The molecule has 2 rings (SSSR count). The minimum absolute atomic E-state index is 0.317. The highest BCUT2D eigenvalue weighted by Gasteiger charge is 2.21. The predicted octanol–water partition coefficient (Wildman–Crippen LogP) is 3.57. The summed E-state index contributed by atoms with van der Waals surface area (Å²) in [5, 5.41) is 3.33.